The van der Waals surface area contributed by atoms with Crippen LogP contribution in [0, 0.1) is 6.92 Å². The minimum absolute atomic E-state index is 0.328. The molecule has 7 heteroatoms. The molecule has 0 aliphatic carbocycles. The van der Waals surface area contributed by atoms with E-state index in [-0.39, 0.29) is 0 Å². The molecule has 1 fully saturated rings. The number of anilines is 1. The van der Waals surface area contributed by atoms with Gasteiger partial charge in [0.1, 0.15) is 11.6 Å². The number of ether oxygens (including phenoxy) is 1. The Morgan fingerprint density at radius 2 is 2.00 bits per heavy atom. The summed E-state index contributed by atoms with van der Waals surface area (Å²) in [4.78, 5) is 15.1. The molecule has 0 saturated carbocycles. The topological polar surface area (TPSA) is 61.7 Å². The van der Waals surface area contributed by atoms with Gasteiger partial charge in [-0.1, -0.05) is 19.9 Å². The Labute approximate surface area is 165 Å². The van der Waals surface area contributed by atoms with Gasteiger partial charge < -0.3 is 14.7 Å². The fraction of sp³-hybridized carbons (Fsp3) is 0.600. The van der Waals surface area contributed by atoms with Gasteiger partial charge in [-0.25, -0.2) is 9.97 Å². The zero-order valence-corrected chi connectivity index (χ0v) is 17.3. The van der Waals surface area contributed by atoms with Gasteiger partial charge in [-0.05, 0) is 18.4 Å². The SMILES string of the molecule is Cc1cc(N2CCN(CC(O)COCc3cccs3)CC2)nc(C(C)C)n1. The molecule has 148 valence electrons. The number of thiophene rings is 1. The normalized spacial score (nSPS) is 16.9. The number of aliphatic hydroxyl groups is 1. The van der Waals surface area contributed by atoms with E-state index in [0.29, 0.717) is 25.7 Å². The first kappa shape index (κ1) is 20.2. The maximum Gasteiger partial charge on any atom is 0.133 e. The number of piperazine rings is 1. The van der Waals surface area contributed by atoms with Gasteiger partial charge in [0.15, 0.2) is 0 Å². The second kappa shape index (κ2) is 9.59. The average Bonchev–Trinajstić information content (AvgIpc) is 3.15. The van der Waals surface area contributed by atoms with Crippen LogP contribution in [-0.2, 0) is 11.3 Å². The van der Waals surface area contributed by atoms with Gasteiger partial charge in [-0.3, -0.25) is 4.90 Å². The standard InChI is InChI=1S/C20H30N4O2S/c1-15(2)20-21-16(3)11-19(22-20)24-8-6-23(7-9-24)12-17(25)13-26-14-18-5-4-10-27-18/h4-5,10-11,15,17,25H,6-9,12-14H2,1-3H3. The van der Waals surface area contributed by atoms with Crippen LogP contribution in [0.15, 0.2) is 23.6 Å². The second-order valence-electron chi connectivity index (χ2n) is 7.42. The zero-order valence-electron chi connectivity index (χ0n) is 16.5. The molecule has 0 amide bonds. The Hall–Kier alpha value is -1.54. The molecule has 1 saturated heterocycles. The predicted octanol–water partition coefficient (Wildman–Crippen LogP) is 2.67. The van der Waals surface area contributed by atoms with Crippen LogP contribution in [0.4, 0.5) is 5.82 Å². The molecule has 27 heavy (non-hydrogen) atoms. The van der Waals surface area contributed by atoms with Crippen LogP contribution in [0.25, 0.3) is 0 Å². The zero-order chi connectivity index (χ0) is 19.2. The van der Waals surface area contributed by atoms with Crippen molar-refractivity contribution in [2.24, 2.45) is 0 Å². The van der Waals surface area contributed by atoms with Crippen molar-refractivity contribution in [1.29, 1.82) is 0 Å². The first-order valence-electron chi connectivity index (χ1n) is 9.62. The van der Waals surface area contributed by atoms with Crippen LogP contribution in [-0.4, -0.2) is 65.4 Å². The number of aromatic nitrogens is 2. The van der Waals surface area contributed by atoms with Crippen molar-refractivity contribution in [2.45, 2.75) is 39.4 Å². The molecule has 1 aliphatic rings. The van der Waals surface area contributed by atoms with Gasteiger partial charge >= 0.3 is 0 Å². The van der Waals surface area contributed by atoms with E-state index < -0.39 is 6.10 Å². The molecular weight excluding hydrogens is 360 g/mol. The van der Waals surface area contributed by atoms with E-state index in [1.165, 1.54) is 4.88 Å². The summed E-state index contributed by atoms with van der Waals surface area (Å²) in [7, 11) is 0. The summed E-state index contributed by atoms with van der Waals surface area (Å²) in [5.41, 5.74) is 1.02. The molecule has 1 N–H and O–H groups in total. The maximum atomic E-state index is 10.2. The fourth-order valence-corrected chi connectivity index (χ4v) is 3.84. The molecular formula is C20H30N4O2S. The molecule has 0 aromatic carbocycles. The number of aryl methyl sites for hydroxylation is 1. The van der Waals surface area contributed by atoms with Crippen molar-refractivity contribution >= 4 is 17.2 Å². The van der Waals surface area contributed by atoms with Crippen molar-refractivity contribution in [3.63, 3.8) is 0 Å². The summed E-state index contributed by atoms with van der Waals surface area (Å²) in [6.07, 6.45) is -0.453. The van der Waals surface area contributed by atoms with Crippen LogP contribution in [0.2, 0.25) is 0 Å². The van der Waals surface area contributed by atoms with Gasteiger partial charge in [0, 0.05) is 55.3 Å². The van der Waals surface area contributed by atoms with Crippen molar-refractivity contribution in [2.75, 3.05) is 44.2 Å². The van der Waals surface area contributed by atoms with Crippen molar-refractivity contribution in [3.8, 4) is 0 Å². The predicted molar refractivity (Wildman–Crippen MR) is 109 cm³/mol. The third-order valence-corrected chi connectivity index (χ3v) is 5.52. The summed E-state index contributed by atoms with van der Waals surface area (Å²) in [6.45, 7) is 11.5. The minimum Gasteiger partial charge on any atom is -0.389 e. The lowest BCUT2D eigenvalue weighted by Crippen LogP contribution is -2.49. The molecule has 0 radical (unpaired) electrons. The highest BCUT2D eigenvalue weighted by molar-refractivity contribution is 7.09. The Balaban J connectivity index is 1.43. The lowest BCUT2D eigenvalue weighted by atomic mass is 10.2. The Morgan fingerprint density at radius 1 is 1.22 bits per heavy atom. The van der Waals surface area contributed by atoms with Crippen LogP contribution < -0.4 is 4.90 Å². The lowest BCUT2D eigenvalue weighted by molar-refractivity contribution is 0.00989. The van der Waals surface area contributed by atoms with E-state index in [2.05, 4.69) is 40.8 Å². The van der Waals surface area contributed by atoms with E-state index in [0.717, 1.165) is 43.5 Å². The number of rotatable bonds is 8. The van der Waals surface area contributed by atoms with Crippen LogP contribution >= 0.6 is 11.3 Å². The second-order valence-corrected chi connectivity index (χ2v) is 8.45. The minimum atomic E-state index is -0.453. The summed E-state index contributed by atoms with van der Waals surface area (Å²) in [6, 6.07) is 6.13. The summed E-state index contributed by atoms with van der Waals surface area (Å²) >= 11 is 1.68. The number of β-amino-alcohol motifs (C(OH)–C–C–N with tert-alkyl or cyclic N) is 1. The van der Waals surface area contributed by atoms with E-state index in [4.69, 9.17) is 9.72 Å². The Morgan fingerprint density at radius 3 is 2.67 bits per heavy atom. The average molecular weight is 391 g/mol. The monoisotopic (exact) mass is 390 g/mol. The number of nitrogens with zero attached hydrogens (tertiary/aromatic N) is 4. The molecule has 3 rings (SSSR count). The lowest BCUT2D eigenvalue weighted by Gasteiger charge is -2.36. The Kier molecular flexibility index (Phi) is 7.18. The Bertz CT molecular complexity index is 700. The molecule has 0 bridgehead atoms. The van der Waals surface area contributed by atoms with Crippen molar-refractivity contribution in [3.05, 3.63) is 40.0 Å². The van der Waals surface area contributed by atoms with E-state index in [9.17, 15) is 5.11 Å². The third kappa shape index (κ3) is 5.97. The maximum absolute atomic E-state index is 10.2. The van der Waals surface area contributed by atoms with Crippen LogP contribution in [0.3, 0.4) is 0 Å². The van der Waals surface area contributed by atoms with E-state index >= 15 is 0 Å². The molecule has 0 spiro atoms. The third-order valence-electron chi connectivity index (χ3n) is 4.67. The molecule has 1 atom stereocenters. The summed E-state index contributed by atoms with van der Waals surface area (Å²) in [5, 5.41) is 12.3. The van der Waals surface area contributed by atoms with E-state index in [1.807, 2.05) is 18.4 Å². The summed E-state index contributed by atoms with van der Waals surface area (Å²) in [5.74, 6) is 2.26. The smallest absolute Gasteiger partial charge is 0.133 e. The van der Waals surface area contributed by atoms with Gasteiger partial charge in [0.05, 0.1) is 19.3 Å². The molecule has 6 nitrogen and oxygen atoms in total. The van der Waals surface area contributed by atoms with E-state index in [1.54, 1.807) is 11.3 Å². The first-order valence-corrected chi connectivity index (χ1v) is 10.5. The number of aliphatic hydroxyl groups excluding tert-OH is 1. The highest BCUT2D eigenvalue weighted by Gasteiger charge is 2.21. The summed E-state index contributed by atoms with van der Waals surface area (Å²) < 4.78 is 5.63. The van der Waals surface area contributed by atoms with Crippen molar-refractivity contribution in [1.82, 2.24) is 14.9 Å². The van der Waals surface area contributed by atoms with Gasteiger partial charge in [0.2, 0.25) is 0 Å². The largest absolute Gasteiger partial charge is 0.389 e. The van der Waals surface area contributed by atoms with Crippen molar-refractivity contribution < 1.29 is 9.84 Å². The molecule has 3 heterocycles. The van der Waals surface area contributed by atoms with Crippen LogP contribution in [0.5, 0.6) is 0 Å². The molecule has 1 unspecified atom stereocenters. The highest BCUT2D eigenvalue weighted by Crippen LogP contribution is 2.19. The molecule has 2 aromatic rings. The fourth-order valence-electron chi connectivity index (χ4n) is 3.20. The molecule has 1 aliphatic heterocycles. The van der Waals surface area contributed by atoms with Crippen LogP contribution in [0.1, 0.15) is 36.2 Å². The first-order chi connectivity index (χ1) is 13.0. The highest BCUT2D eigenvalue weighted by atomic mass is 32.1. The van der Waals surface area contributed by atoms with Gasteiger partial charge in [0.25, 0.3) is 0 Å². The number of hydrogen-bond acceptors (Lipinski definition) is 7. The quantitative estimate of drug-likeness (QED) is 0.748. The van der Waals surface area contributed by atoms with Gasteiger partial charge in [-0.15, -0.1) is 11.3 Å². The molecule has 2 aromatic heterocycles. The van der Waals surface area contributed by atoms with Gasteiger partial charge in [-0.2, -0.15) is 0 Å². The number of hydrogen-bond donors (Lipinski definition) is 1.